The first-order valence-corrected chi connectivity index (χ1v) is 8.09. The van der Waals surface area contributed by atoms with E-state index in [1.165, 1.54) is 16.7 Å². The van der Waals surface area contributed by atoms with E-state index in [1.807, 2.05) is 31.2 Å². The lowest BCUT2D eigenvalue weighted by molar-refractivity contribution is 0.477. The van der Waals surface area contributed by atoms with Crippen molar-refractivity contribution in [1.82, 2.24) is 20.0 Å². The molecule has 0 radical (unpaired) electrons. The zero-order valence-corrected chi connectivity index (χ0v) is 14.6. The summed E-state index contributed by atoms with van der Waals surface area (Å²) in [5, 5.41) is 7.60. The summed E-state index contributed by atoms with van der Waals surface area (Å²) in [6.45, 7) is 3.86. The van der Waals surface area contributed by atoms with Gasteiger partial charge in [-0.05, 0) is 29.5 Å². The monoisotopic (exact) mass is 313 g/mol. The van der Waals surface area contributed by atoms with Crippen LogP contribution in [0.2, 0.25) is 0 Å². The van der Waals surface area contributed by atoms with Crippen LogP contribution in [0.1, 0.15) is 23.6 Å². The highest BCUT2D eigenvalue weighted by Crippen LogP contribution is 2.07. The van der Waals surface area contributed by atoms with Crippen LogP contribution in [0.4, 0.5) is 0 Å². The highest BCUT2D eigenvalue weighted by atomic mass is 15.3. The van der Waals surface area contributed by atoms with Gasteiger partial charge in [-0.1, -0.05) is 31.2 Å². The van der Waals surface area contributed by atoms with Crippen LogP contribution in [0.3, 0.4) is 0 Å². The fraction of sp³-hybridized carbons (Fsp3) is 0.444. The first-order valence-electron chi connectivity index (χ1n) is 8.09. The summed E-state index contributed by atoms with van der Waals surface area (Å²) in [5.41, 5.74) is 3.89. The molecule has 2 aromatic rings. The second-order valence-corrected chi connectivity index (χ2v) is 5.77. The first-order chi connectivity index (χ1) is 11.1. The van der Waals surface area contributed by atoms with Crippen LogP contribution in [0.25, 0.3) is 0 Å². The Morgan fingerprint density at radius 2 is 1.91 bits per heavy atom. The number of benzene rings is 1. The maximum absolute atomic E-state index is 4.36. The van der Waals surface area contributed by atoms with Gasteiger partial charge in [-0.3, -0.25) is 9.67 Å². The Bertz CT molecular complexity index is 627. The van der Waals surface area contributed by atoms with E-state index in [1.54, 1.807) is 0 Å². The lowest BCUT2D eigenvalue weighted by Gasteiger charge is -2.22. The summed E-state index contributed by atoms with van der Waals surface area (Å²) in [6.07, 6.45) is 5.96. The van der Waals surface area contributed by atoms with Crippen molar-refractivity contribution in [1.29, 1.82) is 0 Å². The van der Waals surface area contributed by atoms with Crippen LogP contribution in [-0.2, 0) is 26.4 Å². The topological polar surface area (TPSA) is 45.4 Å². The largest absolute Gasteiger partial charge is 0.356 e. The molecule has 1 heterocycles. The Hall–Kier alpha value is -2.30. The molecule has 0 aliphatic heterocycles. The molecular formula is C18H27N5. The van der Waals surface area contributed by atoms with Crippen molar-refractivity contribution in [3.63, 3.8) is 0 Å². The van der Waals surface area contributed by atoms with Gasteiger partial charge in [-0.2, -0.15) is 5.10 Å². The quantitative estimate of drug-likeness (QED) is 0.657. The van der Waals surface area contributed by atoms with Crippen LogP contribution in [-0.4, -0.2) is 41.3 Å². The van der Waals surface area contributed by atoms with Crippen LogP contribution in [0, 0.1) is 0 Å². The summed E-state index contributed by atoms with van der Waals surface area (Å²) >= 11 is 0. The Morgan fingerprint density at radius 3 is 2.48 bits per heavy atom. The Labute approximate surface area is 139 Å². The molecule has 1 aromatic carbocycles. The van der Waals surface area contributed by atoms with Crippen LogP contribution in [0.15, 0.2) is 41.7 Å². The van der Waals surface area contributed by atoms with Crippen molar-refractivity contribution in [2.24, 2.45) is 12.0 Å². The van der Waals surface area contributed by atoms with Gasteiger partial charge in [0.15, 0.2) is 5.96 Å². The lowest BCUT2D eigenvalue weighted by atomic mass is 10.1. The average molecular weight is 313 g/mol. The fourth-order valence-electron chi connectivity index (χ4n) is 2.53. The number of aromatic nitrogens is 2. The van der Waals surface area contributed by atoms with Crippen molar-refractivity contribution in [3.05, 3.63) is 53.3 Å². The molecule has 0 aliphatic carbocycles. The van der Waals surface area contributed by atoms with E-state index in [0.717, 1.165) is 31.9 Å². The molecular weight excluding hydrogens is 286 g/mol. The van der Waals surface area contributed by atoms with Gasteiger partial charge in [0, 0.05) is 40.4 Å². The molecule has 5 nitrogen and oxygen atoms in total. The third-order valence-electron chi connectivity index (χ3n) is 3.88. The Morgan fingerprint density at radius 1 is 1.22 bits per heavy atom. The first kappa shape index (κ1) is 17.1. The summed E-state index contributed by atoms with van der Waals surface area (Å²) < 4.78 is 1.83. The molecule has 1 aromatic heterocycles. The predicted molar refractivity (Wildman–Crippen MR) is 95.6 cm³/mol. The minimum absolute atomic E-state index is 0.844. The summed E-state index contributed by atoms with van der Waals surface area (Å²) in [6, 6.07) is 8.78. The molecule has 124 valence electrons. The number of aryl methyl sites for hydroxylation is 2. The van der Waals surface area contributed by atoms with Crippen molar-refractivity contribution in [3.8, 4) is 0 Å². The van der Waals surface area contributed by atoms with E-state index in [2.05, 4.69) is 58.5 Å². The Balaban J connectivity index is 1.84. The van der Waals surface area contributed by atoms with Gasteiger partial charge >= 0.3 is 0 Å². The third kappa shape index (κ3) is 5.13. The van der Waals surface area contributed by atoms with Crippen LogP contribution in [0.5, 0.6) is 0 Å². The van der Waals surface area contributed by atoms with Gasteiger partial charge in [-0.25, -0.2) is 0 Å². The van der Waals surface area contributed by atoms with Crippen molar-refractivity contribution >= 4 is 5.96 Å². The lowest BCUT2D eigenvalue weighted by Crippen LogP contribution is -2.39. The van der Waals surface area contributed by atoms with Crippen molar-refractivity contribution in [2.75, 3.05) is 20.6 Å². The number of nitrogens with zero attached hydrogens (tertiary/aromatic N) is 4. The molecule has 0 aliphatic rings. The molecule has 0 unspecified atom stereocenters. The standard InChI is InChI=1S/C18H27N5/c1-5-15-6-8-16(9-7-15)13-22(3)18(19-2)20-11-10-17-12-21-23(4)14-17/h6-9,12,14H,5,10-11,13H2,1-4H3,(H,19,20). The van der Waals surface area contributed by atoms with Gasteiger partial charge in [0.1, 0.15) is 0 Å². The van der Waals surface area contributed by atoms with Crippen LogP contribution < -0.4 is 5.32 Å². The van der Waals surface area contributed by atoms with Crippen LogP contribution >= 0.6 is 0 Å². The number of rotatable bonds is 6. The number of hydrogen-bond donors (Lipinski definition) is 1. The summed E-state index contributed by atoms with van der Waals surface area (Å²) in [4.78, 5) is 6.51. The molecule has 0 spiro atoms. The van der Waals surface area contributed by atoms with Gasteiger partial charge < -0.3 is 10.2 Å². The van der Waals surface area contributed by atoms with Gasteiger partial charge in [0.25, 0.3) is 0 Å². The van der Waals surface area contributed by atoms with Gasteiger partial charge in [0.2, 0.25) is 0 Å². The van der Waals surface area contributed by atoms with E-state index in [-0.39, 0.29) is 0 Å². The molecule has 0 amide bonds. The maximum Gasteiger partial charge on any atom is 0.193 e. The zero-order valence-electron chi connectivity index (χ0n) is 14.6. The van der Waals surface area contributed by atoms with E-state index >= 15 is 0 Å². The van der Waals surface area contributed by atoms with E-state index in [4.69, 9.17) is 0 Å². The second kappa shape index (κ2) is 8.36. The minimum Gasteiger partial charge on any atom is -0.356 e. The average Bonchev–Trinajstić information content (AvgIpc) is 2.97. The molecule has 0 saturated heterocycles. The summed E-state index contributed by atoms with van der Waals surface area (Å²) in [5.74, 6) is 0.911. The zero-order chi connectivity index (χ0) is 16.7. The molecule has 5 heteroatoms. The number of guanidine groups is 1. The molecule has 0 saturated carbocycles. The molecule has 0 atom stereocenters. The minimum atomic E-state index is 0.844. The van der Waals surface area contributed by atoms with E-state index in [9.17, 15) is 0 Å². The van der Waals surface area contributed by atoms with Crippen molar-refractivity contribution < 1.29 is 0 Å². The normalized spacial score (nSPS) is 11.6. The third-order valence-corrected chi connectivity index (χ3v) is 3.88. The highest BCUT2D eigenvalue weighted by molar-refractivity contribution is 5.79. The second-order valence-electron chi connectivity index (χ2n) is 5.77. The predicted octanol–water partition coefficient (Wildman–Crippen LogP) is 2.23. The fourth-order valence-corrected chi connectivity index (χ4v) is 2.53. The van der Waals surface area contributed by atoms with E-state index in [0.29, 0.717) is 0 Å². The highest BCUT2D eigenvalue weighted by Gasteiger charge is 2.06. The molecule has 23 heavy (non-hydrogen) atoms. The number of aliphatic imine (C=N–C) groups is 1. The molecule has 1 N–H and O–H groups in total. The number of hydrogen-bond acceptors (Lipinski definition) is 2. The van der Waals surface area contributed by atoms with E-state index < -0.39 is 0 Å². The van der Waals surface area contributed by atoms with Crippen molar-refractivity contribution in [2.45, 2.75) is 26.3 Å². The smallest absolute Gasteiger partial charge is 0.193 e. The molecule has 2 rings (SSSR count). The van der Waals surface area contributed by atoms with Gasteiger partial charge in [0.05, 0.1) is 6.20 Å². The SMILES string of the molecule is CCc1ccc(CN(C)C(=NC)NCCc2cnn(C)c2)cc1. The molecule has 0 bridgehead atoms. The molecule has 0 fully saturated rings. The Kier molecular flexibility index (Phi) is 6.20. The maximum atomic E-state index is 4.36. The van der Waals surface area contributed by atoms with Gasteiger partial charge in [-0.15, -0.1) is 0 Å². The summed E-state index contributed by atoms with van der Waals surface area (Å²) in [7, 11) is 5.82. The number of nitrogens with one attached hydrogen (secondary N) is 1.